The molecule has 0 unspecified atom stereocenters. The molecule has 0 radical (unpaired) electrons. The lowest BCUT2D eigenvalue weighted by molar-refractivity contribution is -0.136. The van der Waals surface area contributed by atoms with E-state index in [1.54, 1.807) is 13.2 Å². The van der Waals surface area contributed by atoms with Crippen LogP contribution in [0.4, 0.5) is 0 Å². The molecule has 1 amide bonds. The van der Waals surface area contributed by atoms with Crippen molar-refractivity contribution in [2.24, 2.45) is 0 Å². The molecule has 0 saturated heterocycles. The summed E-state index contributed by atoms with van der Waals surface area (Å²) in [6, 6.07) is 7.49. The third-order valence-corrected chi connectivity index (χ3v) is 1.93. The highest BCUT2D eigenvalue weighted by molar-refractivity contribution is 5.76. The first-order valence-electron chi connectivity index (χ1n) is 5.31. The Morgan fingerprint density at radius 2 is 2.18 bits per heavy atom. The van der Waals surface area contributed by atoms with Gasteiger partial charge in [0.2, 0.25) is 0 Å². The van der Waals surface area contributed by atoms with E-state index < -0.39 is 0 Å². The highest BCUT2D eigenvalue weighted by atomic mass is 16.7. The van der Waals surface area contributed by atoms with Crippen LogP contribution in [0.5, 0.6) is 5.75 Å². The Kier molecular flexibility index (Phi) is 6.06. The molecule has 1 N–H and O–H groups in total. The van der Waals surface area contributed by atoms with E-state index in [0.717, 1.165) is 5.56 Å². The van der Waals surface area contributed by atoms with Crippen molar-refractivity contribution in [3.05, 3.63) is 29.8 Å². The molecule has 5 nitrogen and oxygen atoms in total. The van der Waals surface area contributed by atoms with E-state index >= 15 is 0 Å². The van der Waals surface area contributed by atoms with Gasteiger partial charge in [-0.3, -0.25) is 9.63 Å². The second-order valence-corrected chi connectivity index (χ2v) is 3.47. The lowest BCUT2D eigenvalue weighted by Gasteiger charge is -2.07. The maximum absolute atomic E-state index is 11.3. The van der Waals surface area contributed by atoms with Crippen molar-refractivity contribution in [3.8, 4) is 5.75 Å². The molecule has 0 spiro atoms. The van der Waals surface area contributed by atoms with Crippen LogP contribution in [-0.2, 0) is 14.4 Å². The molecule has 1 aromatic rings. The van der Waals surface area contributed by atoms with Gasteiger partial charge >= 0.3 is 0 Å². The third kappa shape index (κ3) is 5.89. The van der Waals surface area contributed by atoms with E-state index in [4.69, 9.17) is 14.3 Å². The van der Waals surface area contributed by atoms with Gasteiger partial charge in [-0.2, -0.15) is 0 Å². The van der Waals surface area contributed by atoms with Crippen molar-refractivity contribution in [1.82, 2.24) is 5.48 Å². The van der Waals surface area contributed by atoms with Crippen LogP contribution in [0.2, 0.25) is 0 Å². The monoisotopic (exact) mass is 239 g/mol. The van der Waals surface area contributed by atoms with Gasteiger partial charge in [0.15, 0.2) is 6.61 Å². The predicted molar refractivity (Wildman–Crippen MR) is 62.6 cm³/mol. The first kappa shape index (κ1) is 13.5. The number of nitrogens with one attached hydrogen (secondary N) is 1. The number of amides is 1. The molecule has 0 heterocycles. The number of carbonyl (C=O) groups excluding carboxylic acids is 1. The number of carbonyl (C=O) groups is 1. The van der Waals surface area contributed by atoms with Crippen LogP contribution < -0.4 is 10.2 Å². The molecule has 0 aliphatic heterocycles. The second-order valence-electron chi connectivity index (χ2n) is 3.47. The largest absolute Gasteiger partial charge is 0.484 e. The minimum atomic E-state index is -0.331. The zero-order chi connectivity index (χ0) is 12.5. The van der Waals surface area contributed by atoms with Crippen molar-refractivity contribution in [2.75, 3.05) is 26.9 Å². The first-order valence-corrected chi connectivity index (χ1v) is 5.31. The van der Waals surface area contributed by atoms with Gasteiger partial charge in [0.1, 0.15) is 5.75 Å². The Hall–Kier alpha value is -1.59. The van der Waals surface area contributed by atoms with Gasteiger partial charge in [-0.25, -0.2) is 5.48 Å². The molecule has 5 heteroatoms. The Morgan fingerprint density at radius 3 is 2.88 bits per heavy atom. The van der Waals surface area contributed by atoms with Gasteiger partial charge in [-0.15, -0.1) is 0 Å². The van der Waals surface area contributed by atoms with Gasteiger partial charge in [0.25, 0.3) is 5.91 Å². The van der Waals surface area contributed by atoms with E-state index in [1.807, 2.05) is 25.1 Å². The molecule has 0 bridgehead atoms. The molecule has 0 aromatic heterocycles. The molecular formula is C12H17NO4. The third-order valence-electron chi connectivity index (χ3n) is 1.93. The fourth-order valence-corrected chi connectivity index (χ4v) is 1.14. The van der Waals surface area contributed by atoms with Crippen molar-refractivity contribution in [1.29, 1.82) is 0 Å². The molecule has 0 aliphatic rings. The smallest absolute Gasteiger partial charge is 0.281 e. The fraction of sp³-hybridized carbons (Fsp3) is 0.417. The summed E-state index contributed by atoms with van der Waals surface area (Å²) in [6.45, 7) is 2.63. The van der Waals surface area contributed by atoms with Gasteiger partial charge in [-0.05, 0) is 24.6 Å². The maximum Gasteiger partial charge on any atom is 0.281 e. The van der Waals surface area contributed by atoms with Crippen LogP contribution in [0.1, 0.15) is 5.56 Å². The van der Waals surface area contributed by atoms with Crippen LogP contribution in [0.3, 0.4) is 0 Å². The first-order chi connectivity index (χ1) is 8.22. The van der Waals surface area contributed by atoms with Crippen molar-refractivity contribution >= 4 is 5.91 Å². The number of methoxy groups -OCH3 is 1. The molecular weight excluding hydrogens is 222 g/mol. The number of hydroxylamine groups is 1. The number of benzene rings is 1. The van der Waals surface area contributed by atoms with Gasteiger partial charge in [-0.1, -0.05) is 12.1 Å². The number of hydrogen-bond donors (Lipinski definition) is 1. The zero-order valence-corrected chi connectivity index (χ0v) is 10.1. The van der Waals surface area contributed by atoms with Gasteiger partial charge in [0, 0.05) is 7.11 Å². The molecule has 1 rings (SSSR count). The SMILES string of the molecule is COCCONC(=O)COc1cccc(C)c1. The van der Waals surface area contributed by atoms with Crippen molar-refractivity contribution in [2.45, 2.75) is 6.92 Å². The molecule has 17 heavy (non-hydrogen) atoms. The molecule has 94 valence electrons. The second kappa shape index (κ2) is 7.65. The minimum absolute atomic E-state index is 0.0730. The fourth-order valence-electron chi connectivity index (χ4n) is 1.14. The normalized spacial score (nSPS) is 10.0. The van der Waals surface area contributed by atoms with Crippen LogP contribution in [0.15, 0.2) is 24.3 Å². The molecule has 0 atom stereocenters. The quantitative estimate of drug-likeness (QED) is 0.571. The topological polar surface area (TPSA) is 56.8 Å². The van der Waals surface area contributed by atoms with E-state index in [-0.39, 0.29) is 12.5 Å². The Labute approximate surface area is 101 Å². The van der Waals surface area contributed by atoms with Gasteiger partial charge in [0.05, 0.1) is 13.2 Å². The molecule has 1 aromatic carbocycles. The van der Waals surface area contributed by atoms with Crippen LogP contribution in [0.25, 0.3) is 0 Å². The Balaban J connectivity index is 2.19. The van der Waals surface area contributed by atoms with E-state index in [1.165, 1.54) is 0 Å². The summed E-state index contributed by atoms with van der Waals surface area (Å²) in [6.07, 6.45) is 0. The lowest BCUT2D eigenvalue weighted by Crippen LogP contribution is -2.30. The summed E-state index contributed by atoms with van der Waals surface area (Å²) in [5.41, 5.74) is 3.34. The number of rotatable bonds is 7. The summed E-state index contributed by atoms with van der Waals surface area (Å²) in [4.78, 5) is 16.1. The van der Waals surface area contributed by atoms with E-state index in [9.17, 15) is 4.79 Å². The summed E-state index contributed by atoms with van der Waals surface area (Å²) in [7, 11) is 1.56. The number of aryl methyl sites for hydroxylation is 1. The number of ether oxygens (including phenoxy) is 2. The summed E-state index contributed by atoms with van der Waals surface area (Å²) >= 11 is 0. The predicted octanol–water partition coefficient (Wildman–Crippen LogP) is 1.07. The van der Waals surface area contributed by atoms with Crippen molar-refractivity contribution < 1.29 is 19.1 Å². The Morgan fingerprint density at radius 1 is 1.35 bits per heavy atom. The van der Waals surface area contributed by atoms with Crippen LogP contribution >= 0.6 is 0 Å². The highest BCUT2D eigenvalue weighted by Gasteiger charge is 2.02. The molecule has 0 aliphatic carbocycles. The van der Waals surface area contributed by atoms with Crippen LogP contribution in [0, 0.1) is 6.92 Å². The van der Waals surface area contributed by atoms with Crippen molar-refractivity contribution in [3.63, 3.8) is 0 Å². The van der Waals surface area contributed by atoms with E-state index in [0.29, 0.717) is 19.0 Å². The Bertz CT molecular complexity index is 354. The summed E-state index contributed by atoms with van der Waals surface area (Å²) < 4.78 is 10.0. The number of hydrogen-bond acceptors (Lipinski definition) is 4. The lowest BCUT2D eigenvalue weighted by atomic mass is 10.2. The van der Waals surface area contributed by atoms with Gasteiger partial charge < -0.3 is 9.47 Å². The average Bonchev–Trinajstić information content (AvgIpc) is 2.32. The summed E-state index contributed by atoms with van der Waals surface area (Å²) in [5.74, 6) is 0.333. The average molecular weight is 239 g/mol. The van der Waals surface area contributed by atoms with Crippen LogP contribution in [-0.4, -0.2) is 32.8 Å². The summed E-state index contributed by atoms with van der Waals surface area (Å²) in [5, 5.41) is 0. The zero-order valence-electron chi connectivity index (χ0n) is 10.1. The standard InChI is InChI=1S/C12H17NO4/c1-10-4-3-5-11(8-10)16-9-12(14)13-17-7-6-15-2/h3-5,8H,6-7,9H2,1-2H3,(H,13,14). The highest BCUT2D eigenvalue weighted by Crippen LogP contribution is 2.11. The minimum Gasteiger partial charge on any atom is -0.484 e. The molecule has 0 fully saturated rings. The maximum atomic E-state index is 11.3. The van der Waals surface area contributed by atoms with E-state index in [2.05, 4.69) is 5.48 Å². The molecule has 0 saturated carbocycles.